The van der Waals surface area contributed by atoms with Crippen molar-refractivity contribution >= 4 is 5.97 Å². The van der Waals surface area contributed by atoms with Crippen LogP contribution in [0.4, 0.5) is 0 Å². The molecule has 0 fully saturated rings. The van der Waals surface area contributed by atoms with Crippen LogP contribution in [0.3, 0.4) is 0 Å². The fourth-order valence-corrected chi connectivity index (χ4v) is 2.00. The summed E-state index contributed by atoms with van der Waals surface area (Å²) >= 11 is 0. The molecule has 1 unspecified atom stereocenters. The quantitative estimate of drug-likeness (QED) is 0.694. The van der Waals surface area contributed by atoms with Gasteiger partial charge in [0, 0.05) is 6.54 Å². The van der Waals surface area contributed by atoms with Crippen molar-refractivity contribution in [2.75, 3.05) is 13.7 Å². The molecule has 0 amide bonds. The maximum absolute atomic E-state index is 11.1. The highest BCUT2D eigenvalue weighted by atomic mass is 16.5. The Hall–Kier alpha value is -1.75. The number of ether oxygens (including phenoxy) is 2. The summed E-state index contributed by atoms with van der Waals surface area (Å²) in [5, 5.41) is 12.2. The van der Waals surface area contributed by atoms with E-state index in [1.54, 1.807) is 7.11 Å². The van der Waals surface area contributed by atoms with E-state index in [4.69, 9.17) is 14.6 Å². The number of methoxy groups -OCH3 is 1. The minimum atomic E-state index is -0.812. The number of nitrogens with one attached hydrogen (secondary N) is 1. The van der Waals surface area contributed by atoms with Crippen LogP contribution in [0.1, 0.15) is 38.7 Å². The predicted molar refractivity (Wildman–Crippen MR) is 82.0 cm³/mol. The molecule has 0 bridgehead atoms. The van der Waals surface area contributed by atoms with Crippen molar-refractivity contribution in [2.24, 2.45) is 0 Å². The van der Waals surface area contributed by atoms with Gasteiger partial charge in [-0.05, 0) is 30.5 Å². The van der Waals surface area contributed by atoms with Crippen LogP contribution >= 0.6 is 0 Å². The van der Waals surface area contributed by atoms with Gasteiger partial charge in [0.05, 0.1) is 13.7 Å². The topological polar surface area (TPSA) is 67.8 Å². The van der Waals surface area contributed by atoms with Gasteiger partial charge in [-0.25, -0.2) is 0 Å². The molecule has 0 spiro atoms. The van der Waals surface area contributed by atoms with Gasteiger partial charge in [-0.3, -0.25) is 4.79 Å². The Morgan fingerprint density at radius 2 is 2.05 bits per heavy atom. The van der Waals surface area contributed by atoms with Crippen molar-refractivity contribution in [3.05, 3.63) is 23.8 Å². The number of hydrogen-bond donors (Lipinski definition) is 2. The molecule has 21 heavy (non-hydrogen) atoms. The van der Waals surface area contributed by atoms with E-state index < -0.39 is 12.0 Å². The van der Waals surface area contributed by atoms with Gasteiger partial charge >= 0.3 is 5.97 Å². The molecule has 0 radical (unpaired) electrons. The van der Waals surface area contributed by atoms with E-state index in [9.17, 15) is 4.79 Å². The summed E-state index contributed by atoms with van der Waals surface area (Å²) in [6.45, 7) is 5.13. The van der Waals surface area contributed by atoms with Crippen molar-refractivity contribution in [3.63, 3.8) is 0 Å². The second-order valence-electron chi connectivity index (χ2n) is 4.89. The summed E-state index contributed by atoms with van der Waals surface area (Å²) in [5.41, 5.74) is 0.976. The number of carboxylic acid groups (broad SMARTS) is 1. The first-order chi connectivity index (χ1) is 10.1. The number of aliphatic carboxylic acids is 1. The normalized spacial score (nSPS) is 12.0. The van der Waals surface area contributed by atoms with Crippen LogP contribution < -0.4 is 14.8 Å². The van der Waals surface area contributed by atoms with Crippen LogP contribution in [0, 0.1) is 0 Å². The SMILES string of the molecule is CCCOc1cc(CNC(CCC)C(=O)O)ccc1OC. The zero-order valence-electron chi connectivity index (χ0n) is 13.0. The molecule has 5 heteroatoms. The molecule has 5 nitrogen and oxygen atoms in total. The Morgan fingerprint density at radius 3 is 2.62 bits per heavy atom. The van der Waals surface area contributed by atoms with Crippen molar-refractivity contribution in [3.8, 4) is 11.5 Å². The zero-order valence-corrected chi connectivity index (χ0v) is 13.0. The van der Waals surface area contributed by atoms with E-state index in [2.05, 4.69) is 5.32 Å². The molecule has 1 atom stereocenters. The highest BCUT2D eigenvalue weighted by molar-refractivity contribution is 5.73. The second-order valence-corrected chi connectivity index (χ2v) is 4.89. The molecule has 1 aromatic rings. The molecule has 0 aliphatic rings. The standard InChI is InChI=1S/C16H25NO4/c1-4-6-13(16(18)19)17-11-12-7-8-14(20-3)15(10-12)21-9-5-2/h7-8,10,13,17H,4-6,9,11H2,1-3H3,(H,18,19). The fraction of sp³-hybridized carbons (Fsp3) is 0.562. The smallest absolute Gasteiger partial charge is 0.320 e. The lowest BCUT2D eigenvalue weighted by atomic mass is 10.1. The summed E-state index contributed by atoms with van der Waals surface area (Å²) in [6.07, 6.45) is 2.37. The lowest BCUT2D eigenvalue weighted by molar-refractivity contribution is -0.139. The maximum atomic E-state index is 11.1. The Labute approximate surface area is 126 Å². The minimum absolute atomic E-state index is 0.490. The van der Waals surface area contributed by atoms with Crippen molar-refractivity contribution in [1.29, 1.82) is 0 Å². The van der Waals surface area contributed by atoms with E-state index >= 15 is 0 Å². The lowest BCUT2D eigenvalue weighted by Gasteiger charge is -2.15. The van der Waals surface area contributed by atoms with Crippen LogP contribution in [-0.2, 0) is 11.3 Å². The molecular formula is C16H25NO4. The molecule has 0 aromatic heterocycles. The third-order valence-electron chi connectivity index (χ3n) is 3.12. The molecule has 0 heterocycles. The van der Waals surface area contributed by atoms with Gasteiger partial charge in [0.15, 0.2) is 11.5 Å². The van der Waals surface area contributed by atoms with Crippen molar-refractivity contribution in [2.45, 2.75) is 45.7 Å². The average molecular weight is 295 g/mol. The number of rotatable bonds is 10. The Morgan fingerprint density at radius 1 is 1.29 bits per heavy atom. The molecule has 0 aliphatic carbocycles. The largest absolute Gasteiger partial charge is 0.493 e. The average Bonchev–Trinajstić information content (AvgIpc) is 2.49. The minimum Gasteiger partial charge on any atom is -0.493 e. The van der Waals surface area contributed by atoms with Gasteiger partial charge in [-0.2, -0.15) is 0 Å². The Kier molecular flexibility index (Phi) is 7.61. The lowest BCUT2D eigenvalue weighted by Crippen LogP contribution is -2.35. The van der Waals surface area contributed by atoms with Gasteiger partial charge in [0.1, 0.15) is 6.04 Å². The molecule has 118 valence electrons. The van der Waals surface area contributed by atoms with Crippen LogP contribution in [0.5, 0.6) is 11.5 Å². The Balaban J connectivity index is 2.72. The number of carbonyl (C=O) groups is 1. The molecule has 1 aromatic carbocycles. The van der Waals surface area contributed by atoms with Crippen molar-refractivity contribution < 1.29 is 19.4 Å². The van der Waals surface area contributed by atoms with Crippen LogP contribution in [-0.4, -0.2) is 30.8 Å². The highest BCUT2D eigenvalue weighted by Crippen LogP contribution is 2.28. The third kappa shape index (κ3) is 5.63. The molecule has 0 saturated carbocycles. The molecule has 1 rings (SSSR count). The van der Waals surface area contributed by atoms with E-state index in [0.717, 1.165) is 18.4 Å². The molecule has 0 saturated heterocycles. The number of hydrogen-bond acceptors (Lipinski definition) is 4. The number of benzene rings is 1. The maximum Gasteiger partial charge on any atom is 0.320 e. The van der Waals surface area contributed by atoms with Gasteiger partial charge in [-0.15, -0.1) is 0 Å². The predicted octanol–water partition coefficient (Wildman–Crippen LogP) is 2.83. The zero-order chi connectivity index (χ0) is 15.7. The first kappa shape index (κ1) is 17.3. The first-order valence-corrected chi connectivity index (χ1v) is 7.38. The van der Waals surface area contributed by atoms with E-state index in [1.165, 1.54) is 0 Å². The molecule has 0 aliphatic heterocycles. The molecular weight excluding hydrogens is 270 g/mol. The molecule has 2 N–H and O–H groups in total. The summed E-state index contributed by atoms with van der Waals surface area (Å²) in [5.74, 6) is 0.573. The summed E-state index contributed by atoms with van der Waals surface area (Å²) in [7, 11) is 1.60. The fourth-order valence-electron chi connectivity index (χ4n) is 2.00. The van der Waals surface area contributed by atoms with Crippen LogP contribution in [0.2, 0.25) is 0 Å². The van der Waals surface area contributed by atoms with E-state index in [0.29, 0.717) is 31.1 Å². The van der Waals surface area contributed by atoms with Gasteiger partial charge in [-0.1, -0.05) is 26.3 Å². The second kappa shape index (κ2) is 9.23. The highest BCUT2D eigenvalue weighted by Gasteiger charge is 2.15. The summed E-state index contributed by atoms with van der Waals surface area (Å²) < 4.78 is 10.9. The monoisotopic (exact) mass is 295 g/mol. The first-order valence-electron chi connectivity index (χ1n) is 7.38. The third-order valence-corrected chi connectivity index (χ3v) is 3.12. The van der Waals surface area contributed by atoms with Gasteiger partial charge in [0.25, 0.3) is 0 Å². The summed E-state index contributed by atoms with van der Waals surface area (Å²) in [6, 6.07) is 5.14. The van der Waals surface area contributed by atoms with E-state index in [1.807, 2.05) is 32.0 Å². The van der Waals surface area contributed by atoms with E-state index in [-0.39, 0.29) is 0 Å². The Bertz CT molecular complexity index is 448. The van der Waals surface area contributed by atoms with Crippen LogP contribution in [0.15, 0.2) is 18.2 Å². The van der Waals surface area contributed by atoms with Gasteiger partial charge in [0.2, 0.25) is 0 Å². The van der Waals surface area contributed by atoms with Gasteiger partial charge < -0.3 is 19.9 Å². The number of carboxylic acids is 1. The summed E-state index contributed by atoms with van der Waals surface area (Å²) in [4.78, 5) is 11.1. The van der Waals surface area contributed by atoms with Crippen molar-refractivity contribution in [1.82, 2.24) is 5.32 Å². The van der Waals surface area contributed by atoms with Crippen LogP contribution in [0.25, 0.3) is 0 Å².